The molecule has 0 bridgehead atoms. The zero-order chi connectivity index (χ0) is 11.5. The molecule has 0 saturated carbocycles. The third kappa shape index (κ3) is 2.86. The van der Waals surface area contributed by atoms with Crippen LogP contribution in [0.2, 0.25) is 0 Å². The second kappa shape index (κ2) is 5.33. The van der Waals surface area contributed by atoms with Gasteiger partial charge in [-0.15, -0.1) is 11.3 Å². The van der Waals surface area contributed by atoms with Gasteiger partial charge in [-0.05, 0) is 56.1 Å². The molecular formula is C14H22OS. The maximum absolute atomic E-state index is 10.1. The highest BCUT2D eigenvalue weighted by molar-refractivity contribution is 7.12. The Morgan fingerprint density at radius 1 is 1.25 bits per heavy atom. The van der Waals surface area contributed by atoms with Crippen LogP contribution in [0.15, 0.2) is 6.07 Å². The van der Waals surface area contributed by atoms with Crippen molar-refractivity contribution in [3.63, 3.8) is 0 Å². The van der Waals surface area contributed by atoms with Crippen molar-refractivity contribution in [1.82, 2.24) is 0 Å². The molecule has 0 aromatic carbocycles. The second-order valence-electron chi connectivity index (χ2n) is 5.29. The Hall–Kier alpha value is -0.340. The Morgan fingerprint density at radius 2 is 2.00 bits per heavy atom. The van der Waals surface area contributed by atoms with Gasteiger partial charge >= 0.3 is 0 Å². The lowest BCUT2D eigenvalue weighted by Gasteiger charge is -2.09. The van der Waals surface area contributed by atoms with E-state index in [2.05, 4.69) is 19.9 Å². The first kappa shape index (κ1) is 12.1. The largest absolute Gasteiger partial charge is 0.388 e. The lowest BCUT2D eigenvalue weighted by molar-refractivity contribution is 0.163. The van der Waals surface area contributed by atoms with Crippen molar-refractivity contribution in [2.45, 2.75) is 58.5 Å². The van der Waals surface area contributed by atoms with E-state index in [1.807, 2.05) is 11.3 Å². The first-order valence-electron chi connectivity index (χ1n) is 6.46. The van der Waals surface area contributed by atoms with Gasteiger partial charge in [0.15, 0.2) is 0 Å². The van der Waals surface area contributed by atoms with Crippen LogP contribution >= 0.6 is 11.3 Å². The molecule has 1 aromatic heterocycles. The van der Waals surface area contributed by atoms with Crippen LogP contribution < -0.4 is 0 Å². The average Bonchev–Trinajstić information content (AvgIpc) is 2.69. The molecule has 0 radical (unpaired) electrons. The van der Waals surface area contributed by atoms with Gasteiger partial charge in [-0.1, -0.05) is 13.8 Å². The summed E-state index contributed by atoms with van der Waals surface area (Å²) in [5.74, 6) is 0.684. The van der Waals surface area contributed by atoms with Gasteiger partial charge in [0, 0.05) is 9.75 Å². The van der Waals surface area contributed by atoms with E-state index in [-0.39, 0.29) is 6.10 Å². The Morgan fingerprint density at radius 3 is 2.69 bits per heavy atom. The fraction of sp³-hybridized carbons (Fsp3) is 0.714. The summed E-state index contributed by atoms with van der Waals surface area (Å²) in [6.45, 7) is 4.43. The Labute approximate surface area is 103 Å². The summed E-state index contributed by atoms with van der Waals surface area (Å²) in [5.41, 5.74) is 1.51. The summed E-state index contributed by atoms with van der Waals surface area (Å²) >= 11 is 1.85. The Kier molecular flexibility index (Phi) is 4.04. The molecule has 0 fully saturated rings. The third-order valence-electron chi connectivity index (χ3n) is 3.36. The van der Waals surface area contributed by atoms with Crippen LogP contribution in [0, 0.1) is 5.92 Å². The Bertz CT molecular complexity index is 317. The molecule has 0 saturated heterocycles. The predicted octanol–water partition coefficient (Wildman–Crippen LogP) is 4.10. The highest BCUT2D eigenvalue weighted by Crippen LogP contribution is 2.34. The summed E-state index contributed by atoms with van der Waals surface area (Å²) in [6.07, 6.45) is 6.92. The molecule has 0 aliphatic heterocycles. The quantitative estimate of drug-likeness (QED) is 0.837. The van der Waals surface area contributed by atoms with Gasteiger partial charge < -0.3 is 5.11 Å². The van der Waals surface area contributed by atoms with Gasteiger partial charge in [-0.3, -0.25) is 0 Å². The fourth-order valence-corrected chi connectivity index (χ4v) is 3.59. The summed E-state index contributed by atoms with van der Waals surface area (Å²) in [4.78, 5) is 2.73. The van der Waals surface area contributed by atoms with Crippen LogP contribution in [0.1, 0.15) is 61.0 Å². The van der Waals surface area contributed by atoms with E-state index in [4.69, 9.17) is 0 Å². The average molecular weight is 238 g/mol. The number of fused-ring (bicyclic) bond motifs is 1. The number of rotatable bonds is 4. The van der Waals surface area contributed by atoms with Gasteiger partial charge in [-0.25, -0.2) is 0 Å². The van der Waals surface area contributed by atoms with Crippen molar-refractivity contribution < 1.29 is 5.11 Å². The summed E-state index contributed by atoms with van der Waals surface area (Å²) in [7, 11) is 0. The number of aliphatic hydroxyl groups excluding tert-OH is 1. The molecular weight excluding hydrogens is 216 g/mol. The topological polar surface area (TPSA) is 20.2 Å². The minimum absolute atomic E-state index is 0.224. The highest BCUT2D eigenvalue weighted by Gasteiger charge is 2.17. The first-order chi connectivity index (χ1) is 7.66. The molecule has 1 heterocycles. The molecule has 1 aliphatic rings. The van der Waals surface area contributed by atoms with Crippen LogP contribution in [0.25, 0.3) is 0 Å². The van der Waals surface area contributed by atoms with Crippen LogP contribution in [-0.2, 0) is 12.8 Å². The van der Waals surface area contributed by atoms with Crippen molar-refractivity contribution >= 4 is 11.3 Å². The molecule has 0 amide bonds. The van der Waals surface area contributed by atoms with Gasteiger partial charge in [0.25, 0.3) is 0 Å². The van der Waals surface area contributed by atoms with Crippen molar-refractivity contribution in [1.29, 1.82) is 0 Å². The van der Waals surface area contributed by atoms with E-state index < -0.39 is 0 Å². The smallest absolute Gasteiger partial charge is 0.0882 e. The zero-order valence-corrected chi connectivity index (χ0v) is 11.1. The van der Waals surface area contributed by atoms with Gasteiger partial charge in [0.05, 0.1) is 6.10 Å². The lowest BCUT2D eigenvalue weighted by Crippen LogP contribution is -1.98. The molecule has 1 N–H and O–H groups in total. The molecule has 1 aromatic rings. The maximum Gasteiger partial charge on any atom is 0.0882 e. The highest BCUT2D eigenvalue weighted by atomic mass is 32.1. The van der Waals surface area contributed by atoms with E-state index in [1.165, 1.54) is 41.0 Å². The number of hydrogen-bond donors (Lipinski definition) is 1. The van der Waals surface area contributed by atoms with Gasteiger partial charge in [-0.2, -0.15) is 0 Å². The van der Waals surface area contributed by atoms with E-state index in [0.717, 1.165) is 12.8 Å². The fourth-order valence-electron chi connectivity index (χ4n) is 2.31. The minimum atomic E-state index is -0.224. The molecule has 1 nitrogen and oxygen atoms in total. The van der Waals surface area contributed by atoms with Crippen molar-refractivity contribution in [3.05, 3.63) is 21.4 Å². The van der Waals surface area contributed by atoms with E-state index in [1.54, 1.807) is 0 Å². The van der Waals surface area contributed by atoms with Crippen molar-refractivity contribution in [3.8, 4) is 0 Å². The molecule has 1 atom stereocenters. The molecule has 16 heavy (non-hydrogen) atoms. The molecule has 1 aliphatic carbocycles. The maximum atomic E-state index is 10.1. The number of hydrogen-bond acceptors (Lipinski definition) is 2. The van der Waals surface area contributed by atoms with Gasteiger partial charge in [0.2, 0.25) is 0 Å². The second-order valence-corrected chi connectivity index (χ2v) is 6.46. The minimum Gasteiger partial charge on any atom is -0.388 e. The molecule has 90 valence electrons. The van der Waals surface area contributed by atoms with E-state index >= 15 is 0 Å². The van der Waals surface area contributed by atoms with Crippen molar-refractivity contribution in [2.75, 3.05) is 0 Å². The third-order valence-corrected chi connectivity index (χ3v) is 4.70. The first-order valence-corrected chi connectivity index (χ1v) is 7.28. The normalized spacial score (nSPS) is 17.5. The van der Waals surface area contributed by atoms with E-state index in [9.17, 15) is 5.11 Å². The molecule has 2 heteroatoms. The predicted molar refractivity (Wildman–Crippen MR) is 70.0 cm³/mol. The Balaban J connectivity index is 2.00. The molecule has 1 unspecified atom stereocenters. The van der Waals surface area contributed by atoms with Gasteiger partial charge in [0.1, 0.15) is 0 Å². The summed E-state index contributed by atoms with van der Waals surface area (Å²) in [5, 5.41) is 10.1. The van der Waals surface area contributed by atoms with Crippen molar-refractivity contribution in [2.24, 2.45) is 5.92 Å². The molecule has 0 spiro atoms. The summed E-state index contributed by atoms with van der Waals surface area (Å²) < 4.78 is 0. The monoisotopic (exact) mass is 238 g/mol. The lowest BCUT2D eigenvalue weighted by atomic mass is 9.98. The zero-order valence-electron chi connectivity index (χ0n) is 10.3. The van der Waals surface area contributed by atoms with E-state index in [0.29, 0.717) is 5.92 Å². The molecule has 2 rings (SSSR count). The standard InChI is InChI=1S/C14H22OS/c1-10(2)7-8-12(15)14-9-11-5-3-4-6-13(11)16-14/h9-10,12,15H,3-8H2,1-2H3. The number of thiophene rings is 1. The summed E-state index contributed by atoms with van der Waals surface area (Å²) in [6, 6.07) is 2.25. The SMILES string of the molecule is CC(C)CCC(O)c1cc2c(s1)CCCC2. The van der Waals surface area contributed by atoms with Crippen LogP contribution in [-0.4, -0.2) is 5.11 Å². The van der Waals surface area contributed by atoms with Crippen LogP contribution in [0.5, 0.6) is 0 Å². The number of aryl methyl sites for hydroxylation is 2. The van der Waals surface area contributed by atoms with Crippen LogP contribution in [0.4, 0.5) is 0 Å². The number of aliphatic hydroxyl groups is 1. The van der Waals surface area contributed by atoms with Crippen LogP contribution in [0.3, 0.4) is 0 Å².